The minimum absolute atomic E-state index is 0. The zero-order valence-corrected chi connectivity index (χ0v) is 41.5. The van der Waals surface area contributed by atoms with Gasteiger partial charge in [0.25, 0.3) is 0 Å². The maximum Gasteiger partial charge on any atom is 0.472 e. The molecule has 5 unspecified atom stereocenters. The number of rotatable bonds is 44. The number of hydrogen-bond donors (Lipinski definition) is 5. The van der Waals surface area contributed by atoms with Crippen LogP contribution in [0.4, 0.5) is 0 Å². The molecule has 0 aliphatic rings. The first-order valence-corrected chi connectivity index (χ1v) is 24.9. The SMILES string of the molecule is CCCCCCCCCCCCCC(=O)OCC(COP(=O)(O)OCC(COC(=O)C(N)CCC(=O)O)OC(=O)C(N)CCC(=O)O)OC(=O)CCCCCCCCCCCCC.Cl.Cl. The topological polar surface area (TPSA) is 288 Å². The van der Waals surface area contributed by atoms with E-state index in [0.29, 0.717) is 12.8 Å². The van der Waals surface area contributed by atoms with E-state index < -0.39 is 107 Å². The molecular weight excluding hydrogens is 914 g/mol. The highest BCUT2D eigenvalue weighted by Gasteiger charge is 2.30. The van der Waals surface area contributed by atoms with Crippen molar-refractivity contribution in [1.29, 1.82) is 0 Å². The molecule has 0 rings (SSSR count). The molecule has 0 heterocycles. The van der Waals surface area contributed by atoms with Gasteiger partial charge in [-0.2, -0.15) is 0 Å². The summed E-state index contributed by atoms with van der Waals surface area (Å²) in [5.41, 5.74) is 11.4. The average molecular weight is 998 g/mol. The Hall–Kier alpha value is -2.57. The van der Waals surface area contributed by atoms with Crippen LogP contribution in [0.2, 0.25) is 0 Å². The number of unbranched alkanes of at least 4 members (excludes halogenated alkanes) is 20. The largest absolute Gasteiger partial charge is 0.481 e. The molecule has 0 radical (unpaired) electrons. The van der Waals surface area contributed by atoms with E-state index in [2.05, 4.69) is 13.8 Å². The van der Waals surface area contributed by atoms with Crippen LogP contribution in [0.5, 0.6) is 0 Å². The van der Waals surface area contributed by atoms with Gasteiger partial charge in [-0.05, 0) is 25.7 Å². The molecule has 0 aliphatic carbocycles. The number of carboxylic acids is 2. The number of carbonyl (C=O) groups is 6. The number of aliphatic carboxylic acids is 2. The van der Waals surface area contributed by atoms with Crippen LogP contribution >= 0.6 is 32.6 Å². The molecule has 0 fully saturated rings. The van der Waals surface area contributed by atoms with Crippen LogP contribution in [0.15, 0.2) is 0 Å². The van der Waals surface area contributed by atoms with Gasteiger partial charge in [0.1, 0.15) is 25.3 Å². The number of carboxylic acid groups (broad SMARTS) is 2. The molecule has 0 aliphatic heterocycles. The number of phosphoric acid groups is 1. The smallest absolute Gasteiger partial charge is 0.472 e. The van der Waals surface area contributed by atoms with Crippen LogP contribution in [-0.4, -0.2) is 102 Å². The van der Waals surface area contributed by atoms with Gasteiger partial charge in [0, 0.05) is 25.7 Å². The molecule has 0 saturated heterocycles. The van der Waals surface area contributed by atoms with Gasteiger partial charge in [0.05, 0.1) is 13.2 Å². The van der Waals surface area contributed by atoms with Crippen LogP contribution in [0.25, 0.3) is 0 Å². The van der Waals surface area contributed by atoms with Crippen LogP contribution in [0, 0.1) is 0 Å². The highest BCUT2D eigenvalue weighted by molar-refractivity contribution is 7.47. The Kier molecular flexibility index (Phi) is 45.1. The molecule has 7 N–H and O–H groups in total. The molecule has 0 aromatic rings. The van der Waals surface area contributed by atoms with Gasteiger partial charge in [-0.15, -0.1) is 24.8 Å². The predicted octanol–water partition coefficient (Wildman–Crippen LogP) is 8.66. The fraction of sp³-hybridized carbons (Fsp3) is 0.864. The van der Waals surface area contributed by atoms with Gasteiger partial charge in [0.15, 0.2) is 12.2 Å². The number of halogens is 2. The van der Waals surface area contributed by atoms with Crippen molar-refractivity contribution in [3.8, 4) is 0 Å². The highest BCUT2D eigenvalue weighted by atomic mass is 35.5. The maximum absolute atomic E-state index is 13.0. The van der Waals surface area contributed by atoms with E-state index in [9.17, 15) is 38.2 Å². The number of carbonyl (C=O) groups excluding carboxylic acids is 4. The molecule has 384 valence electrons. The molecule has 18 nitrogen and oxygen atoms in total. The first-order chi connectivity index (χ1) is 30.1. The van der Waals surface area contributed by atoms with Crippen molar-refractivity contribution in [3.05, 3.63) is 0 Å². The summed E-state index contributed by atoms with van der Waals surface area (Å²) >= 11 is 0. The van der Waals surface area contributed by atoms with Gasteiger partial charge in [0.2, 0.25) is 0 Å². The van der Waals surface area contributed by atoms with Crippen molar-refractivity contribution >= 4 is 68.5 Å². The molecule has 0 saturated carbocycles. The van der Waals surface area contributed by atoms with E-state index in [1.165, 1.54) is 77.0 Å². The first-order valence-electron chi connectivity index (χ1n) is 23.4. The number of esters is 4. The predicted molar refractivity (Wildman–Crippen MR) is 250 cm³/mol. The van der Waals surface area contributed by atoms with Crippen molar-refractivity contribution < 1.29 is 76.4 Å². The lowest BCUT2D eigenvalue weighted by atomic mass is 10.1. The van der Waals surface area contributed by atoms with Crippen molar-refractivity contribution in [1.82, 2.24) is 0 Å². The second-order valence-corrected chi connectivity index (χ2v) is 17.6. The van der Waals surface area contributed by atoms with Crippen LogP contribution < -0.4 is 11.5 Å². The van der Waals surface area contributed by atoms with E-state index in [4.69, 9.17) is 49.7 Å². The summed E-state index contributed by atoms with van der Waals surface area (Å²) in [6.45, 7) is 1.54. The molecule has 0 aromatic carbocycles. The summed E-state index contributed by atoms with van der Waals surface area (Å²) in [6.07, 6.45) is 20.1. The molecule has 0 spiro atoms. The fourth-order valence-corrected chi connectivity index (χ4v) is 7.11. The fourth-order valence-electron chi connectivity index (χ4n) is 6.32. The van der Waals surface area contributed by atoms with Crippen molar-refractivity contribution in [2.75, 3.05) is 26.4 Å². The van der Waals surface area contributed by atoms with Crippen molar-refractivity contribution in [2.24, 2.45) is 11.5 Å². The van der Waals surface area contributed by atoms with Gasteiger partial charge in [-0.1, -0.05) is 142 Å². The second kappa shape index (κ2) is 44.0. The average Bonchev–Trinajstić information content (AvgIpc) is 3.24. The quantitative estimate of drug-likeness (QED) is 0.0165. The second-order valence-electron chi connectivity index (χ2n) is 16.2. The van der Waals surface area contributed by atoms with E-state index >= 15 is 0 Å². The maximum atomic E-state index is 13.0. The van der Waals surface area contributed by atoms with Crippen LogP contribution in [0.1, 0.15) is 194 Å². The van der Waals surface area contributed by atoms with Crippen LogP contribution in [0.3, 0.4) is 0 Å². The summed E-state index contributed by atoms with van der Waals surface area (Å²) < 4.78 is 44.2. The third-order valence-corrected chi connectivity index (χ3v) is 11.1. The van der Waals surface area contributed by atoms with E-state index in [0.717, 1.165) is 51.4 Å². The Morgan fingerprint density at radius 2 is 0.800 bits per heavy atom. The number of nitrogens with two attached hydrogens (primary N) is 2. The standard InChI is InChI=1S/C44H81N2O16P.2ClH/c1-3-5-7-9-11-13-15-17-19-21-23-25-41(51)57-31-35(61-42(52)26-24-22-20-18-16-14-12-10-8-6-4-2)33-59-63(55,56)60-34-36(62-44(54)38(46)28-30-40(49)50)32-58-43(53)37(45)27-29-39(47)48;;/h35-38H,3-34,45-46H2,1-2H3,(H,47,48)(H,49,50)(H,55,56);2*1H. The number of hydrogen-bond acceptors (Lipinski definition) is 15. The Balaban J connectivity index is -0.0000192. The lowest BCUT2D eigenvalue weighted by molar-refractivity contribution is -0.163. The van der Waals surface area contributed by atoms with E-state index in [1.807, 2.05) is 0 Å². The minimum Gasteiger partial charge on any atom is -0.481 e. The summed E-state index contributed by atoms with van der Waals surface area (Å²) in [7, 11) is -5.02. The van der Waals surface area contributed by atoms with Crippen molar-refractivity contribution in [3.63, 3.8) is 0 Å². The molecule has 0 aromatic heterocycles. The lowest BCUT2D eigenvalue weighted by Gasteiger charge is -2.23. The molecule has 0 bridgehead atoms. The zero-order chi connectivity index (χ0) is 47.1. The summed E-state index contributed by atoms with van der Waals surface area (Å²) in [6, 6.07) is -2.78. The Labute approximate surface area is 399 Å². The third kappa shape index (κ3) is 42.5. The first kappa shape index (κ1) is 66.7. The minimum atomic E-state index is -5.02. The summed E-state index contributed by atoms with van der Waals surface area (Å²) in [4.78, 5) is 82.7. The molecule has 5 atom stereocenters. The highest BCUT2D eigenvalue weighted by Crippen LogP contribution is 2.43. The van der Waals surface area contributed by atoms with E-state index in [1.54, 1.807) is 0 Å². The number of phosphoric ester groups is 1. The molecule has 21 heteroatoms. The summed E-state index contributed by atoms with van der Waals surface area (Å²) in [5, 5.41) is 17.8. The van der Waals surface area contributed by atoms with Gasteiger partial charge in [-0.3, -0.25) is 37.8 Å². The molecule has 0 amide bonds. The van der Waals surface area contributed by atoms with Gasteiger partial charge in [-0.25, -0.2) is 4.57 Å². The van der Waals surface area contributed by atoms with E-state index in [-0.39, 0.29) is 50.5 Å². The Morgan fingerprint density at radius 1 is 0.462 bits per heavy atom. The van der Waals surface area contributed by atoms with Gasteiger partial charge >= 0.3 is 43.6 Å². The Morgan fingerprint density at radius 3 is 1.20 bits per heavy atom. The molecule has 65 heavy (non-hydrogen) atoms. The third-order valence-electron chi connectivity index (χ3n) is 10.2. The lowest BCUT2D eigenvalue weighted by Crippen LogP contribution is -2.40. The monoisotopic (exact) mass is 996 g/mol. The van der Waals surface area contributed by atoms with Crippen LogP contribution in [-0.2, 0) is 61.3 Å². The number of ether oxygens (including phenoxy) is 4. The van der Waals surface area contributed by atoms with Crippen molar-refractivity contribution in [2.45, 2.75) is 218 Å². The zero-order valence-electron chi connectivity index (χ0n) is 39.0. The van der Waals surface area contributed by atoms with Gasteiger partial charge < -0.3 is 45.5 Å². The Bertz CT molecular complexity index is 1320. The summed E-state index contributed by atoms with van der Waals surface area (Å²) in [5.74, 6) is -5.76. The normalized spacial score (nSPS) is 13.7. The molecular formula is C44H83Cl2N2O16P.